The van der Waals surface area contributed by atoms with Crippen LogP contribution in [0.2, 0.25) is 0 Å². The van der Waals surface area contributed by atoms with E-state index in [-0.39, 0.29) is 5.91 Å². The molecule has 6 nitrogen and oxygen atoms in total. The molecule has 0 spiro atoms. The normalized spacial score (nSPS) is 9.85. The molecule has 2 rings (SSSR count). The Kier molecular flexibility index (Phi) is 4.01. The van der Waals surface area contributed by atoms with E-state index >= 15 is 0 Å². The molecule has 20 heavy (non-hydrogen) atoms. The van der Waals surface area contributed by atoms with Crippen LogP contribution in [0.4, 0.5) is 5.82 Å². The summed E-state index contributed by atoms with van der Waals surface area (Å²) in [4.78, 5) is 12.3. The lowest BCUT2D eigenvalue weighted by Crippen LogP contribution is -2.16. The Bertz CT molecular complexity index is 670. The van der Waals surface area contributed by atoms with Gasteiger partial charge in [0.1, 0.15) is 23.2 Å². The first kappa shape index (κ1) is 13.6. The third-order valence-corrected chi connectivity index (χ3v) is 2.72. The molecule has 0 saturated heterocycles. The van der Waals surface area contributed by atoms with Crippen LogP contribution in [0.5, 0.6) is 5.75 Å². The second kappa shape index (κ2) is 5.89. The Morgan fingerprint density at radius 2 is 2.25 bits per heavy atom. The third kappa shape index (κ3) is 2.62. The molecule has 1 amide bonds. The van der Waals surface area contributed by atoms with Crippen LogP contribution in [0.25, 0.3) is 0 Å². The molecule has 0 atom stereocenters. The Labute approximate surface area is 116 Å². The van der Waals surface area contributed by atoms with Gasteiger partial charge in [0.15, 0.2) is 0 Å². The summed E-state index contributed by atoms with van der Waals surface area (Å²) in [5.74, 6) is 0.533. The standard InChI is InChI=1S/C14H14N4O2/c1-3-20-12-7-5-4-6-11(12)14(19)17-13-10(8-15)9-16-18(13)2/h4-7,9H,3H2,1-2H3,(H,17,19). The number of nitrogens with zero attached hydrogens (tertiary/aromatic N) is 3. The second-order valence-electron chi connectivity index (χ2n) is 4.03. The Balaban J connectivity index is 2.29. The van der Waals surface area contributed by atoms with Crippen molar-refractivity contribution in [2.45, 2.75) is 6.92 Å². The zero-order valence-electron chi connectivity index (χ0n) is 11.3. The molecule has 0 bridgehead atoms. The molecule has 0 unspecified atom stereocenters. The van der Waals surface area contributed by atoms with Crippen molar-refractivity contribution in [1.29, 1.82) is 5.26 Å². The van der Waals surface area contributed by atoms with Gasteiger partial charge in [-0.2, -0.15) is 10.4 Å². The number of amides is 1. The summed E-state index contributed by atoms with van der Waals surface area (Å²) in [5, 5.41) is 15.6. The van der Waals surface area contributed by atoms with Crippen molar-refractivity contribution in [2.24, 2.45) is 7.05 Å². The van der Waals surface area contributed by atoms with Gasteiger partial charge in [-0.05, 0) is 19.1 Å². The Morgan fingerprint density at radius 1 is 1.50 bits per heavy atom. The minimum Gasteiger partial charge on any atom is -0.493 e. The number of benzene rings is 1. The minimum absolute atomic E-state index is 0.315. The van der Waals surface area contributed by atoms with Gasteiger partial charge in [0, 0.05) is 7.05 Å². The number of para-hydroxylation sites is 1. The molecular formula is C14H14N4O2. The monoisotopic (exact) mass is 270 g/mol. The Morgan fingerprint density at radius 3 is 2.95 bits per heavy atom. The van der Waals surface area contributed by atoms with Crippen molar-refractivity contribution in [3.05, 3.63) is 41.6 Å². The fraction of sp³-hybridized carbons (Fsp3) is 0.214. The van der Waals surface area contributed by atoms with Crippen molar-refractivity contribution in [3.8, 4) is 11.8 Å². The van der Waals surface area contributed by atoms with Crippen LogP contribution in [0.15, 0.2) is 30.5 Å². The van der Waals surface area contributed by atoms with Crippen LogP contribution in [-0.4, -0.2) is 22.3 Å². The first-order chi connectivity index (χ1) is 9.67. The maximum absolute atomic E-state index is 12.3. The van der Waals surface area contributed by atoms with E-state index in [1.807, 2.05) is 13.0 Å². The number of carbonyl (C=O) groups excluding carboxylic acids is 1. The van der Waals surface area contributed by atoms with Crippen LogP contribution in [-0.2, 0) is 7.05 Å². The minimum atomic E-state index is -0.339. The van der Waals surface area contributed by atoms with Gasteiger partial charge in [0.05, 0.1) is 18.4 Å². The predicted molar refractivity (Wildman–Crippen MR) is 73.5 cm³/mol. The van der Waals surface area contributed by atoms with Crippen LogP contribution in [0.3, 0.4) is 0 Å². The summed E-state index contributed by atoms with van der Waals surface area (Å²) >= 11 is 0. The van der Waals surface area contributed by atoms with Gasteiger partial charge in [-0.15, -0.1) is 0 Å². The van der Waals surface area contributed by atoms with E-state index in [0.29, 0.717) is 29.3 Å². The zero-order valence-corrected chi connectivity index (χ0v) is 11.3. The molecule has 0 fully saturated rings. The second-order valence-corrected chi connectivity index (χ2v) is 4.03. The lowest BCUT2D eigenvalue weighted by molar-refractivity contribution is 0.102. The molecule has 6 heteroatoms. The van der Waals surface area contributed by atoms with Crippen molar-refractivity contribution < 1.29 is 9.53 Å². The quantitative estimate of drug-likeness (QED) is 0.920. The number of carbonyl (C=O) groups is 1. The van der Waals surface area contributed by atoms with Crippen LogP contribution in [0, 0.1) is 11.3 Å². The number of aromatic nitrogens is 2. The molecule has 0 aliphatic carbocycles. The highest BCUT2D eigenvalue weighted by Crippen LogP contribution is 2.20. The summed E-state index contributed by atoms with van der Waals surface area (Å²) < 4.78 is 6.86. The highest BCUT2D eigenvalue weighted by molar-refractivity contribution is 6.06. The number of anilines is 1. The van der Waals surface area contributed by atoms with E-state index in [1.165, 1.54) is 10.9 Å². The van der Waals surface area contributed by atoms with E-state index in [9.17, 15) is 4.79 Å². The van der Waals surface area contributed by atoms with Crippen LogP contribution < -0.4 is 10.1 Å². The van der Waals surface area contributed by atoms with Crippen LogP contribution >= 0.6 is 0 Å². The van der Waals surface area contributed by atoms with Gasteiger partial charge in [0.2, 0.25) is 0 Å². The number of nitrogens with one attached hydrogen (secondary N) is 1. The molecule has 0 aliphatic rings. The molecule has 1 N–H and O–H groups in total. The van der Waals surface area contributed by atoms with Gasteiger partial charge in [-0.3, -0.25) is 9.48 Å². The molecule has 0 aliphatic heterocycles. The molecule has 1 aromatic carbocycles. The number of nitriles is 1. The van der Waals surface area contributed by atoms with Crippen molar-refractivity contribution in [2.75, 3.05) is 11.9 Å². The molecule has 2 aromatic rings. The molecule has 0 radical (unpaired) electrons. The Hall–Kier alpha value is -2.81. The number of hydrogen-bond donors (Lipinski definition) is 1. The number of aryl methyl sites for hydroxylation is 1. The SMILES string of the molecule is CCOc1ccccc1C(=O)Nc1c(C#N)cnn1C. The van der Waals surface area contributed by atoms with E-state index in [2.05, 4.69) is 10.4 Å². The van der Waals surface area contributed by atoms with Gasteiger partial charge in [-0.25, -0.2) is 0 Å². The summed E-state index contributed by atoms with van der Waals surface area (Å²) in [6.07, 6.45) is 1.41. The van der Waals surface area contributed by atoms with Gasteiger partial charge >= 0.3 is 0 Å². The maximum atomic E-state index is 12.3. The topological polar surface area (TPSA) is 79.9 Å². The number of rotatable bonds is 4. The highest BCUT2D eigenvalue weighted by atomic mass is 16.5. The molecule has 102 valence electrons. The van der Waals surface area contributed by atoms with Gasteiger partial charge in [0.25, 0.3) is 5.91 Å². The first-order valence-corrected chi connectivity index (χ1v) is 6.12. The summed E-state index contributed by atoms with van der Waals surface area (Å²) in [6, 6.07) is 8.94. The average Bonchev–Trinajstić information content (AvgIpc) is 2.80. The molecule has 0 saturated carbocycles. The van der Waals surface area contributed by atoms with Crippen molar-refractivity contribution in [1.82, 2.24) is 9.78 Å². The average molecular weight is 270 g/mol. The maximum Gasteiger partial charge on any atom is 0.260 e. The summed E-state index contributed by atoms with van der Waals surface area (Å²) in [5.41, 5.74) is 0.731. The van der Waals surface area contributed by atoms with Gasteiger partial charge in [-0.1, -0.05) is 12.1 Å². The number of hydrogen-bond acceptors (Lipinski definition) is 4. The summed E-state index contributed by atoms with van der Waals surface area (Å²) in [7, 11) is 1.66. The smallest absolute Gasteiger partial charge is 0.260 e. The van der Waals surface area contributed by atoms with Gasteiger partial charge < -0.3 is 10.1 Å². The largest absolute Gasteiger partial charge is 0.493 e. The zero-order chi connectivity index (χ0) is 14.5. The predicted octanol–water partition coefficient (Wildman–Crippen LogP) is 1.94. The van der Waals surface area contributed by atoms with E-state index in [1.54, 1.807) is 31.3 Å². The highest BCUT2D eigenvalue weighted by Gasteiger charge is 2.16. The first-order valence-electron chi connectivity index (χ1n) is 6.12. The van der Waals surface area contributed by atoms with E-state index in [4.69, 9.17) is 10.00 Å². The summed E-state index contributed by atoms with van der Waals surface area (Å²) in [6.45, 7) is 2.32. The third-order valence-electron chi connectivity index (χ3n) is 2.72. The van der Waals surface area contributed by atoms with Crippen molar-refractivity contribution >= 4 is 11.7 Å². The fourth-order valence-corrected chi connectivity index (χ4v) is 1.78. The fourth-order valence-electron chi connectivity index (χ4n) is 1.78. The van der Waals surface area contributed by atoms with E-state index in [0.717, 1.165) is 0 Å². The number of ether oxygens (including phenoxy) is 1. The molecule has 1 heterocycles. The lowest BCUT2D eigenvalue weighted by atomic mass is 10.2. The van der Waals surface area contributed by atoms with Crippen molar-refractivity contribution in [3.63, 3.8) is 0 Å². The lowest BCUT2D eigenvalue weighted by Gasteiger charge is -2.10. The molecule has 1 aromatic heterocycles. The molecular weight excluding hydrogens is 256 g/mol. The van der Waals surface area contributed by atoms with Crippen LogP contribution in [0.1, 0.15) is 22.8 Å². The van der Waals surface area contributed by atoms with E-state index < -0.39 is 0 Å².